The van der Waals surface area contributed by atoms with E-state index in [9.17, 15) is 15.2 Å². The number of hydrogen-bond donors (Lipinski definition) is 1. The lowest BCUT2D eigenvalue weighted by Gasteiger charge is -2.25. The molecule has 1 N–H and O–H groups in total. The molecule has 0 heterocycles. The van der Waals surface area contributed by atoms with E-state index in [4.69, 9.17) is 4.74 Å². The molecule has 0 unspecified atom stereocenters. The summed E-state index contributed by atoms with van der Waals surface area (Å²) in [6.07, 6.45) is 1.16. The summed E-state index contributed by atoms with van der Waals surface area (Å²) in [4.78, 5) is 10.4. The van der Waals surface area contributed by atoms with Gasteiger partial charge in [-0.15, -0.1) is 0 Å². The molecule has 0 aromatic heterocycles. The number of nitro groups is 1. The highest BCUT2D eigenvalue weighted by molar-refractivity contribution is 5.48. The van der Waals surface area contributed by atoms with Crippen LogP contribution in [0, 0.1) is 17.0 Å². The number of nitro benzene ring substituents is 1. The fraction of sp³-hybridized carbons (Fsp3) is 0.538. The lowest BCUT2D eigenvalue weighted by atomic mass is 9.99. The minimum Gasteiger partial charge on any atom is -0.490 e. The van der Waals surface area contributed by atoms with Crippen molar-refractivity contribution in [2.45, 2.75) is 39.2 Å². The van der Waals surface area contributed by atoms with Crippen molar-refractivity contribution in [3.05, 3.63) is 33.9 Å². The molecular formula is C13H19NO4. The molecule has 0 atom stereocenters. The molecule has 0 amide bonds. The Labute approximate surface area is 107 Å². The molecule has 0 saturated carbocycles. The molecule has 0 spiro atoms. The van der Waals surface area contributed by atoms with E-state index in [0.717, 1.165) is 0 Å². The maximum absolute atomic E-state index is 10.8. The van der Waals surface area contributed by atoms with E-state index in [-0.39, 0.29) is 12.3 Å². The van der Waals surface area contributed by atoms with Gasteiger partial charge < -0.3 is 9.84 Å². The standard InChI is InChI=1S/C13H19NO4/c1-4-13(15,5-2)9-18-12-8-6-7-11(10(12)3)14(16)17/h6-8,15H,4-5,9H2,1-3H3. The van der Waals surface area contributed by atoms with Crippen molar-refractivity contribution < 1.29 is 14.8 Å². The molecule has 0 saturated heterocycles. The largest absolute Gasteiger partial charge is 0.490 e. The van der Waals surface area contributed by atoms with Crippen LogP contribution < -0.4 is 4.74 Å². The van der Waals surface area contributed by atoms with Crippen LogP contribution in [0.2, 0.25) is 0 Å². The molecule has 18 heavy (non-hydrogen) atoms. The van der Waals surface area contributed by atoms with Crippen molar-refractivity contribution in [3.63, 3.8) is 0 Å². The van der Waals surface area contributed by atoms with Crippen molar-refractivity contribution in [2.24, 2.45) is 0 Å². The van der Waals surface area contributed by atoms with Crippen LogP contribution in [0.1, 0.15) is 32.3 Å². The zero-order chi connectivity index (χ0) is 13.8. The highest BCUT2D eigenvalue weighted by Crippen LogP contribution is 2.28. The van der Waals surface area contributed by atoms with Crippen LogP contribution in [0.3, 0.4) is 0 Å². The minimum absolute atomic E-state index is 0.0315. The lowest BCUT2D eigenvalue weighted by Crippen LogP contribution is -2.34. The molecule has 0 aliphatic rings. The summed E-state index contributed by atoms with van der Waals surface area (Å²) >= 11 is 0. The molecule has 0 bridgehead atoms. The third kappa shape index (κ3) is 3.20. The Balaban J connectivity index is 2.86. The van der Waals surface area contributed by atoms with Crippen LogP contribution in [0.15, 0.2) is 18.2 Å². The van der Waals surface area contributed by atoms with E-state index in [1.807, 2.05) is 13.8 Å². The van der Waals surface area contributed by atoms with Crippen LogP contribution in [-0.4, -0.2) is 22.2 Å². The van der Waals surface area contributed by atoms with Crippen molar-refractivity contribution >= 4 is 5.69 Å². The Morgan fingerprint density at radius 1 is 1.39 bits per heavy atom. The average molecular weight is 253 g/mol. The molecule has 100 valence electrons. The highest BCUT2D eigenvalue weighted by Gasteiger charge is 2.24. The highest BCUT2D eigenvalue weighted by atomic mass is 16.6. The van der Waals surface area contributed by atoms with Gasteiger partial charge in [0.1, 0.15) is 12.4 Å². The summed E-state index contributed by atoms with van der Waals surface area (Å²) in [5, 5.41) is 20.9. The van der Waals surface area contributed by atoms with E-state index in [1.54, 1.807) is 19.1 Å². The first-order valence-corrected chi connectivity index (χ1v) is 6.02. The minimum atomic E-state index is -0.878. The van der Waals surface area contributed by atoms with Gasteiger partial charge in [-0.3, -0.25) is 10.1 Å². The normalized spacial score (nSPS) is 11.3. The first-order chi connectivity index (χ1) is 8.43. The van der Waals surface area contributed by atoms with Gasteiger partial charge in [0.25, 0.3) is 5.69 Å². The third-order valence-electron chi connectivity index (χ3n) is 3.26. The predicted molar refractivity (Wildman–Crippen MR) is 68.9 cm³/mol. The maximum Gasteiger partial charge on any atom is 0.276 e. The Hall–Kier alpha value is -1.62. The zero-order valence-corrected chi connectivity index (χ0v) is 11.0. The molecule has 1 aromatic carbocycles. The van der Waals surface area contributed by atoms with Gasteiger partial charge in [0.05, 0.1) is 16.1 Å². The summed E-state index contributed by atoms with van der Waals surface area (Å²) < 4.78 is 5.52. The lowest BCUT2D eigenvalue weighted by molar-refractivity contribution is -0.385. The summed E-state index contributed by atoms with van der Waals surface area (Å²) in [5.74, 6) is 0.449. The maximum atomic E-state index is 10.8. The molecule has 0 aliphatic heterocycles. The average Bonchev–Trinajstić information content (AvgIpc) is 2.37. The van der Waals surface area contributed by atoms with Crippen molar-refractivity contribution in [1.82, 2.24) is 0 Å². The molecule has 0 aliphatic carbocycles. The van der Waals surface area contributed by atoms with Gasteiger partial charge in [-0.25, -0.2) is 0 Å². The Bertz CT molecular complexity index is 427. The van der Waals surface area contributed by atoms with Crippen LogP contribution in [0.25, 0.3) is 0 Å². The topological polar surface area (TPSA) is 72.6 Å². The predicted octanol–water partition coefficient (Wildman–Crippen LogP) is 2.83. The molecule has 0 radical (unpaired) electrons. The SMILES string of the molecule is CCC(O)(CC)COc1cccc([N+](=O)[O-])c1C. The van der Waals surface area contributed by atoms with E-state index in [1.165, 1.54) is 6.07 Å². The van der Waals surface area contributed by atoms with Gasteiger partial charge in [-0.1, -0.05) is 19.9 Å². The van der Waals surface area contributed by atoms with Gasteiger partial charge in [0, 0.05) is 6.07 Å². The Morgan fingerprint density at radius 3 is 2.50 bits per heavy atom. The number of aliphatic hydroxyl groups is 1. The van der Waals surface area contributed by atoms with Gasteiger partial charge in [0.15, 0.2) is 0 Å². The molecule has 5 heteroatoms. The first kappa shape index (κ1) is 14.4. The second-order valence-electron chi connectivity index (χ2n) is 4.38. The van der Waals surface area contributed by atoms with E-state index < -0.39 is 10.5 Å². The van der Waals surface area contributed by atoms with Crippen LogP contribution in [0.4, 0.5) is 5.69 Å². The van der Waals surface area contributed by atoms with Crippen molar-refractivity contribution in [1.29, 1.82) is 0 Å². The third-order valence-corrected chi connectivity index (χ3v) is 3.26. The van der Waals surface area contributed by atoms with Gasteiger partial charge in [-0.05, 0) is 25.8 Å². The number of ether oxygens (including phenoxy) is 1. The van der Waals surface area contributed by atoms with E-state index in [2.05, 4.69) is 0 Å². The Kier molecular flexibility index (Phi) is 4.67. The quantitative estimate of drug-likeness (QED) is 0.625. The fourth-order valence-electron chi connectivity index (χ4n) is 1.62. The van der Waals surface area contributed by atoms with E-state index in [0.29, 0.717) is 24.2 Å². The molecule has 5 nitrogen and oxygen atoms in total. The first-order valence-electron chi connectivity index (χ1n) is 6.02. The van der Waals surface area contributed by atoms with Gasteiger partial charge in [-0.2, -0.15) is 0 Å². The van der Waals surface area contributed by atoms with Crippen molar-refractivity contribution in [2.75, 3.05) is 6.61 Å². The summed E-state index contributed by atoms with van der Waals surface area (Å²) in [7, 11) is 0. The Morgan fingerprint density at radius 2 is 2.00 bits per heavy atom. The zero-order valence-electron chi connectivity index (χ0n) is 11.0. The molecule has 1 aromatic rings. The van der Waals surface area contributed by atoms with Gasteiger partial charge >= 0.3 is 0 Å². The van der Waals surface area contributed by atoms with Crippen LogP contribution in [-0.2, 0) is 0 Å². The number of nitrogens with zero attached hydrogens (tertiary/aromatic N) is 1. The second kappa shape index (κ2) is 5.82. The van der Waals surface area contributed by atoms with Gasteiger partial charge in [0.2, 0.25) is 0 Å². The van der Waals surface area contributed by atoms with Crippen LogP contribution >= 0.6 is 0 Å². The fourth-order valence-corrected chi connectivity index (χ4v) is 1.62. The molecule has 0 fully saturated rings. The van der Waals surface area contributed by atoms with E-state index >= 15 is 0 Å². The summed E-state index contributed by atoms with van der Waals surface area (Å²) in [6.45, 7) is 5.55. The molecular weight excluding hydrogens is 234 g/mol. The number of benzene rings is 1. The molecule has 1 rings (SSSR count). The van der Waals surface area contributed by atoms with Crippen LogP contribution in [0.5, 0.6) is 5.75 Å². The summed E-state index contributed by atoms with van der Waals surface area (Å²) in [5.41, 5.74) is -0.363. The smallest absolute Gasteiger partial charge is 0.276 e. The number of rotatable bonds is 6. The van der Waals surface area contributed by atoms with Crippen molar-refractivity contribution in [3.8, 4) is 5.75 Å². The monoisotopic (exact) mass is 253 g/mol. The number of hydrogen-bond acceptors (Lipinski definition) is 4. The second-order valence-corrected chi connectivity index (χ2v) is 4.38. The summed E-state index contributed by atoms with van der Waals surface area (Å²) in [6, 6.07) is 4.69.